The molecule has 4 rings (SSSR count). The van der Waals surface area contributed by atoms with Crippen LogP contribution in [0.1, 0.15) is 25.5 Å². The van der Waals surface area contributed by atoms with E-state index < -0.39 is 23.9 Å². The largest absolute Gasteiger partial charge is 0.356 e. The number of halogens is 2. The lowest BCUT2D eigenvalue weighted by molar-refractivity contribution is -0.384. The van der Waals surface area contributed by atoms with E-state index in [0.717, 1.165) is 19.3 Å². The molecule has 0 spiro atoms. The number of nitro groups is 1. The molecule has 2 aromatic rings. The van der Waals surface area contributed by atoms with E-state index in [-0.39, 0.29) is 11.9 Å². The molecule has 0 bridgehead atoms. The zero-order chi connectivity index (χ0) is 16.9. The summed E-state index contributed by atoms with van der Waals surface area (Å²) in [7, 11) is 0. The highest BCUT2D eigenvalue weighted by Gasteiger charge is 2.45. The number of benzene rings is 1. The monoisotopic (exact) mass is 338 g/mol. The van der Waals surface area contributed by atoms with E-state index in [1.165, 1.54) is 17.0 Å². The van der Waals surface area contributed by atoms with Crippen LogP contribution in [0.2, 0.25) is 0 Å². The van der Waals surface area contributed by atoms with Gasteiger partial charge in [-0.2, -0.15) is 5.10 Å². The van der Waals surface area contributed by atoms with Gasteiger partial charge in [-0.15, -0.1) is 0 Å². The fourth-order valence-electron chi connectivity index (χ4n) is 3.26. The van der Waals surface area contributed by atoms with E-state index in [1.54, 1.807) is 10.7 Å². The molecule has 24 heavy (non-hydrogen) atoms. The van der Waals surface area contributed by atoms with E-state index in [1.807, 2.05) is 0 Å². The number of hydrogen-bond acceptors (Lipinski definition) is 5. The Bertz CT molecular complexity index is 793. The lowest BCUT2D eigenvalue weighted by atomic mass is 10.1. The van der Waals surface area contributed by atoms with Gasteiger partial charge in [0.15, 0.2) is 12.0 Å². The average molecular weight is 338 g/mol. The fraction of sp³-hybridized carbons (Fsp3) is 0.533. The summed E-state index contributed by atoms with van der Waals surface area (Å²) in [5.74, 6) is -2.38. The summed E-state index contributed by atoms with van der Waals surface area (Å²) in [4.78, 5) is 12.0. The van der Waals surface area contributed by atoms with Crippen LogP contribution < -0.4 is 4.90 Å². The number of hydrogen-bond donors (Lipinski definition) is 0. The van der Waals surface area contributed by atoms with Gasteiger partial charge in [0, 0.05) is 18.7 Å². The summed E-state index contributed by atoms with van der Waals surface area (Å²) in [5, 5.41) is 16.0. The Hall–Kier alpha value is -2.29. The van der Waals surface area contributed by atoms with E-state index >= 15 is 0 Å². The summed E-state index contributed by atoms with van der Waals surface area (Å²) in [6.07, 6.45) is 2.49. The summed E-state index contributed by atoms with van der Waals surface area (Å²) >= 11 is 0. The van der Waals surface area contributed by atoms with Crippen molar-refractivity contribution in [1.82, 2.24) is 9.78 Å². The van der Waals surface area contributed by atoms with Crippen molar-refractivity contribution < 1.29 is 18.4 Å². The van der Waals surface area contributed by atoms with Crippen LogP contribution in [0.25, 0.3) is 10.9 Å². The molecule has 0 saturated carbocycles. The normalized spacial score (nSPS) is 23.2. The van der Waals surface area contributed by atoms with Crippen molar-refractivity contribution in [1.29, 1.82) is 0 Å². The summed E-state index contributed by atoms with van der Waals surface area (Å²) < 4.78 is 33.9. The molecule has 0 N–H and O–H groups in total. The second kappa shape index (κ2) is 5.37. The molecule has 7 nitrogen and oxygen atoms in total. The second-order valence-electron chi connectivity index (χ2n) is 6.26. The van der Waals surface area contributed by atoms with Crippen LogP contribution >= 0.6 is 0 Å². The number of nitro benzene ring substituents is 1. The number of non-ortho nitro benzene ring substituents is 1. The Morgan fingerprint density at radius 1 is 1.33 bits per heavy atom. The van der Waals surface area contributed by atoms with Crippen molar-refractivity contribution >= 4 is 22.4 Å². The minimum Gasteiger partial charge on any atom is -0.356 e. The van der Waals surface area contributed by atoms with Gasteiger partial charge in [-0.3, -0.25) is 10.1 Å². The van der Waals surface area contributed by atoms with Gasteiger partial charge in [0.25, 0.3) is 11.6 Å². The Labute approximate surface area is 135 Å². The lowest BCUT2D eigenvalue weighted by Crippen LogP contribution is -2.56. The number of nitrogens with zero attached hydrogens (tertiary/aromatic N) is 4. The van der Waals surface area contributed by atoms with Crippen LogP contribution in [0.3, 0.4) is 0 Å². The van der Waals surface area contributed by atoms with Crippen molar-refractivity contribution in [3.05, 3.63) is 28.3 Å². The van der Waals surface area contributed by atoms with Gasteiger partial charge in [0.1, 0.15) is 0 Å². The summed E-state index contributed by atoms with van der Waals surface area (Å²) in [6, 6.07) is 4.41. The first kappa shape index (κ1) is 15.3. The first-order valence-electron chi connectivity index (χ1n) is 7.86. The highest BCUT2D eigenvalue weighted by atomic mass is 19.3. The predicted molar refractivity (Wildman–Crippen MR) is 82.4 cm³/mol. The third kappa shape index (κ3) is 2.48. The molecule has 2 fully saturated rings. The molecule has 1 aromatic heterocycles. The fourth-order valence-corrected chi connectivity index (χ4v) is 3.26. The standard InChI is InChI=1S/C15H16F2N4O3/c16-15(17)8-19(9-15)14-11-7-10(21(22)23)4-5-12(11)20(18-14)13-3-1-2-6-24-13/h4-5,7,13H,1-3,6,8-9H2. The zero-order valence-corrected chi connectivity index (χ0v) is 12.8. The molecule has 1 aromatic carbocycles. The number of alkyl halides is 2. The molecule has 0 radical (unpaired) electrons. The van der Waals surface area contributed by atoms with Crippen LogP contribution in [0.4, 0.5) is 20.3 Å². The van der Waals surface area contributed by atoms with Gasteiger partial charge in [-0.25, -0.2) is 13.5 Å². The van der Waals surface area contributed by atoms with E-state index in [9.17, 15) is 18.9 Å². The third-order valence-electron chi connectivity index (χ3n) is 4.45. The zero-order valence-electron chi connectivity index (χ0n) is 12.8. The molecular formula is C15H16F2N4O3. The summed E-state index contributed by atoms with van der Waals surface area (Å²) in [5.41, 5.74) is 0.581. The van der Waals surface area contributed by atoms with Gasteiger partial charge in [-0.1, -0.05) is 0 Å². The lowest BCUT2D eigenvalue weighted by Gasteiger charge is -2.39. The molecule has 1 unspecified atom stereocenters. The minimum atomic E-state index is -2.74. The van der Waals surface area contributed by atoms with Crippen LogP contribution in [0.5, 0.6) is 0 Å². The molecule has 2 saturated heterocycles. The third-order valence-corrected chi connectivity index (χ3v) is 4.45. The van der Waals surface area contributed by atoms with Crippen molar-refractivity contribution in [2.24, 2.45) is 0 Å². The Morgan fingerprint density at radius 3 is 2.75 bits per heavy atom. The second-order valence-corrected chi connectivity index (χ2v) is 6.26. The van der Waals surface area contributed by atoms with E-state index in [2.05, 4.69) is 5.10 Å². The first-order valence-corrected chi connectivity index (χ1v) is 7.86. The Morgan fingerprint density at radius 2 is 2.12 bits per heavy atom. The van der Waals surface area contributed by atoms with Gasteiger partial charge in [0.2, 0.25) is 0 Å². The number of anilines is 1. The predicted octanol–water partition coefficient (Wildman–Crippen LogP) is 3.10. The number of rotatable bonds is 3. The molecule has 1 atom stereocenters. The van der Waals surface area contributed by atoms with Crippen LogP contribution in [-0.2, 0) is 4.74 Å². The van der Waals surface area contributed by atoms with E-state index in [4.69, 9.17) is 4.74 Å². The van der Waals surface area contributed by atoms with Crippen molar-refractivity contribution in [2.75, 3.05) is 24.6 Å². The maximum Gasteiger partial charge on any atom is 0.282 e. The molecular weight excluding hydrogens is 322 g/mol. The molecule has 3 heterocycles. The van der Waals surface area contributed by atoms with Gasteiger partial charge >= 0.3 is 0 Å². The van der Waals surface area contributed by atoms with Crippen molar-refractivity contribution in [3.63, 3.8) is 0 Å². The number of aromatic nitrogens is 2. The highest BCUT2D eigenvalue weighted by molar-refractivity contribution is 5.93. The van der Waals surface area contributed by atoms with Gasteiger partial charge < -0.3 is 9.64 Å². The Kier molecular flexibility index (Phi) is 3.41. The van der Waals surface area contributed by atoms with Crippen LogP contribution in [0.15, 0.2) is 18.2 Å². The number of fused-ring (bicyclic) bond motifs is 1. The smallest absolute Gasteiger partial charge is 0.282 e. The summed E-state index contributed by atoms with van der Waals surface area (Å²) in [6.45, 7) is -0.225. The van der Waals surface area contributed by atoms with Gasteiger partial charge in [0.05, 0.1) is 28.9 Å². The molecule has 0 amide bonds. The molecule has 0 aliphatic carbocycles. The topological polar surface area (TPSA) is 73.4 Å². The van der Waals surface area contributed by atoms with Crippen LogP contribution in [0, 0.1) is 10.1 Å². The first-order chi connectivity index (χ1) is 11.4. The van der Waals surface area contributed by atoms with Crippen LogP contribution in [-0.4, -0.2) is 40.3 Å². The SMILES string of the molecule is O=[N+]([O-])c1ccc2c(c1)c(N1CC(F)(F)C1)nn2C1CCCCO1. The quantitative estimate of drug-likeness (QED) is 0.635. The molecule has 2 aliphatic rings. The highest BCUT2D eigenvalue weighted by Crippen LogP contribution is 2.38. The Balaban J connectivity index is 1.80. The van der Waals surface area contributed by atoms with Gasteiger partial charge in [-0.05, 0) is 25.3 Å². The number of ether oxygens (including phenoxy) is 1. The van der Waals surface area contributed by atoms with Crippen molar-refractivity contribution in [2.45, 2.75) is 31.4 Å². The maximum atomic E-state index is 13.2. The maximum absolute atomic E-state index is 13.2. The molecule has 128 valence electrons. The molecule has 9 heteroatoms. The minimum absolute atomic E-state index is 0.0832. The van der Waals surface area contributed by atoms with Crippen molar-refractivity contribution in [3.8, 4) is 0 Å². The molecule has 2 aliphatic heterocycles. The van der Waals surface area contributed by atoms with E-state index in [0.29, 0.717) is 23.3 Å². The average Bonchev–Trinajstić information content (AvgIpc) is 2.91.